The maximum atomic E-state index is 12.9. The minimum Gasteiger partial charge on any atom is -0.451 e. The Morgan fingerprint density at radius 1 is 0.933 bits per heavy atom. The van der Waals surface area contributed by atoms with Crippen molar-refractivity contribution < 1.29 is 27.2 Å². The maximum Gasteiger partial charge on any atom is 0.416 e. The molecule has 0 spiro atoms. The molecule has 3 aromatic rings. The normalized spacial score (nSPS) is 13.7. The lowest BCUT2D eigenvalue weighted by atomic mass is 10.1. The summed E-state index contributed by atoms with van der Waals surface area (Å²) in [6, 6.07) is 14.2. The lowest BCUT2D eigenvalue weighted by Crippen LogP contribution is -2.25. The molecular formula is C22H17F3N2O3. The Labute approximate surface area is 169 Å². The quantitative estimate of drug-likeness (QED) is 0.610. The van der Waals surface area contributed by atoms with Gasteiger partial charge in [-0.15, -0.1) is 0 Å². The van der Waals surface area contributed by atoms with Gasteiger partial charge in [0.25, 0.3) is 11.8 Å². The molecule has 2 N–H and O–H groups in total. The van der Waals surface area contributed by atoms with E-state index in [0.717, 1.165) is 25.0 Å². The van der Waals surface area contributed by atoms with Crippen molar-refractivity contribution in [1.29, 1.82) is 0 Å². The molecule has 1 heterocycles. The number of carbonyl (C=O) groups is 2. The molecule has 0 atom stereocenters. The molecule has 154 valence electrons. The van der Waals surface area contributed by atoms with E-state index in [1.54, 1.807) is 24.3 Å². The molecule has 30 heavy (non-hydrogen) atoms. The van der Waals surface area contributed by atoms with Crippen LogP contribution in [-0.4, -0.2) is 17.9 Å². The first kappa shape index (κ1) is 19.8. The number of benzene rings is 2. The van der Waals surface area contributed by atoms with E-state index in [9.17, 15) is 22.8 Å². The van der Waals surface area contributed by atoms with Gasteiger partial charge in [0.2, 0.25) is 0 Å². The molecule has 0 bridgehead atoms. The van der Waals surface area contributed by atoms with Crippen molar-refractivity contribution >= 4 is 17.5 Å². The summed E-state index contributed by atoms with van der Waals surface area (Å²) in [5, 5.41) is 5.51. The first-order valence-electron chi connectivity index (χ1n) is 9.29. The SMILES string of the molecule is O=C(NC1CC1)c1ccc(NC(=O)c2ccc(-c3cccc(C(F)(F)F)c3)o2)cc1. The number of anilines is 1. The Kier molecular flexibility index (Phi) is 5.07. The first-order valence-corrected chi connectivity index (χ1v) is 9.29. The van der Waals surface area contributed by atoms with Gasteiger partial charge in [0.15, 0.2) is 5.76 Å². The van der Waals surface area contributed by atoms with Crippen LogP contribution >= 0.6 is 0 Å². The van der Waals surface area contributed by atoms with Crippen LogP contribution in [0, 0.1) is 0 Å². The zero-order valence-corrected chi connectivity index (χ0v) is 15.6. The Balaban J connectivity index is 1.43. The second-order valence-corrected chi connectivity index (χ2v) is 7.02. The number of furan rings is 1. The first-order chi connectivity index (χ1) is 14.3. The second kappa shape index (κ2) is 7.70. The fourth-order valence-electron chi connectivity index (χ4n) is 2.86. The fraction of sp³-hybridized carbons (Fsp3) is 0.182. The van der Waals surface area contributed by atoms with E-state index < -0.39 is 17.6 Å². The fourth-order valence-corrected chi connectivity index (χ4v) is 2.86. The number of hydrogen-bond acceptors (Lipinski definition) is 3. The highest BCUT2D eigenvalue weighted by Crippen LogP contribution is 2.32. The largest absolute Gasteiger partial charge is 0.451 e. The molecule has 5 nitrogen and oxygen atoms in total. The van der Waals surface area contributed by atoms with Crippen molar-refractivity contribution in [2.75, 3.05) is 5.32 Å². The average molecular weight is 414 g/mol. The number of nitrogens with one attached hydrogen (secondary N) is 2. The summed E-state index contributed by atoms with van der Waals surface area (Å²) < 4.78 is 44.1. The molecule has 0 radical (unpaired) electrons. The highest BCUT2D eigenvalue weighted by molar-refractivity contribution is 6.03. The van der Waals surface area contributed by atoms with Gasteiger partial charge in [0.1, 0.15) is 5.76 Å². The topological polar surface area (TPSA) is 71.3 Å². The highest BCUT2D eigenvalue weighted by Gasteiger charge is 2.30. The molecule has 0 unspecified atom stereocenters. The third kappa shape index (κ3) is 4.53. The lowest BCUT2D eigenvalue weighted by molar-refractivity contribution is -0.137. The third-order valence-electron chi connectivity index (χ3n) is 4.62. The van der Waals surface area contributed by atoms with Crippen molar-refractivity contribution in [2.45, 2.75) is 25.1 Å². The molecule has 1 aliphatic carbocycles. The Hall–Kier alpha value is -3.55. The van der Waals surface area contributed by atoms with Crippen molar-refractivity contribution in [2.24, 2.45) is 0 Å². The second-order valence-electron chi connectivity index (χ2n) is 7.02. The summed E-state index contributed by atoms with van der Waals surface area (Å²) >= 11 is 0. The van der Waals surface area contributed by atoms with Gasteiger partial charge in [0, 0.05) is 22.9 Å². The van der Waals surface area contributed by atoms with Gasteiger partial charge in [-0.1, -0.05) is 12.1 Å². The maximum absolute atomic E-state index is 12.9. The standard InChI is InChI=1S/C22H17F3N2O3/c23-22(24,25)15-3-1-2-14(12-15)18-10-11-19(30-18)21(29)27-16-6-4-13(5-7-16)20(28)26-17-8-9-17/h1-7,10-12,17H,8-9H2,(H,26,28)(H,27,29). The molecule has 1 fully saturated rings. The molecule has 8 heteroatoms. The van der Waals surface area contributed by atoms with Gasteiger partial charge in [-0.25, -0.2) is 0 Å². The van der Waals surface area contributed by atoms with Gasteiger partial charge in [-0.05, 0) is 61.4 Å². The van der Waals surface area contributed by atoms with Crippen LogP contribution in [0.15, 0.2) is 65.1 Å². The van der Waals surface area contributed by atoms with Gasteiger partial charge >= 0.3 is 6.18 Å². The van der Waals surface area contributed by atoms with Crippen LogP contribution in [0.25, 0.3) is 11.3 Å². The van der Waals surface area contributed by atoms with E-state index >= 15 is 0 Å². The predicted octanol–water partition coefficient (Wildman–Crippen LogP) is 5.11. The summed E-state index contributed by atoms with van der Waals surface area (Å²) in [4.78, 5) is 24.4. The number of hydrogen-bond donors (Lipinski definition) is 2. The molecular weight excluding hydrogens is 397 g/mol. The van der Waals surface area contributed by atoms with Crippen LogP contribution < -0.4 is 10.6 Å². The van der Waals surface area contributed by atoms with E-state index in [1.807, 2.05) is 0 Å². The number of alkyl halides is 3. The minimum absolute atomic E-state index is 0.0436. The van der Waals surface area contributed by atoms with Crippen LogP contribution in [0.2, 0.25) is 0 Å². The van der Waals surface area contributed by atoms with Crippen LogP contribution in [0.4, 0.5) is 18.9 Å². The van der Waals surface area contributed by atoms with E-state index in [1.165, 1.54) is 24.3 Å². The van der Waals surface area contributed by atoms with Crippen molar-refractivity contribution in [3.8, 4) is 11.3 Å². The number of rotatable bonds is 5. The van der Waals surface area contributed by atoms with E-state index in [2.05, 4.69) is 10.6 Å². The number of carbonyl (C=O) groups excluding carboxylic acids is 2. The van der Waals surface area contributed by atoms with Crippen molar-refractivity contribution in [1.82, 2.24) is 5.32 Å². The summed E-state index contributed by atoms with van der Waals surface area (Å²) in [6.45, 7) is 0. The molecule has 0 aliphatic heterocycles. The minimum atomic E-state index is -4.47. The summed E-state index contributed by atoms with van der Waals surface area (Å²) in [6.07, 6.45) is -2.48. The third-order valence-corrected chi connectivity index (χ3v) is 4.62. The van der Waals surface area contributed by atoms with E-state index in [4.69, 9.17) is 4.42 Å². The zero-order chi connectivity index (χ0) is 21.3. The molecule has 0 saturated heterocycles. The molecule has 4 rings (SSSR count). The van der Waals surface area contributed by atoms with Crippen LogP contribution in [0.3, 0.4) is 0 Å². The lowest BCUT2D eigenvalue weighted by Gasteiger charge is -2.07. The summed E-state index contributed by atoms with van der Waals surface area (Å²) in [5.74, 6) is -0.605. The van der Waals surface area contributed by atoms with Gasteiger partial charge in [0.05, 0.1) is 5.56 Å². The molecule has 1 aliphatic rings. The molecule has 1 saturated carbocycles. The van der Waals surface area contributed by atoms with E-state index in [-0.39, 0.29) is 29.0 Å². The summed E-state index contributed by atoms with van der Waals surface area (Å²) in [7, 11) is 0. The van der Waals surface area contributed by atoms with Crippen molar-refractivity contribution in [3.63, 3.8) is 0 Å². The van der Waals surface area contributed by atoms with Crippen molar-refractivity contribution in [3.05, 3.63) is 77.6 Å². The molecule has 2 amide bonds. The Bertz CT molecular complexity index is 1080. The predicted molar refractivity (Wildman–Crippen MR) is 104 cm³/mol. The Morgan fingerprint density at radius 3 is 2.33 bits per heavy atom. The van der Waals surface area contributed by atoms with E-state index in [0.29, 0.717) is 11.3 Å². The average Bonchev–Trinajstić information content (AvgIpc) is 3.39. The highest BCUT2D eigenvalue weighted by atomic mass is 19.4. The monoisotopic (exact) mass is 414 g/mol. The number of halogens is 3. The summed E-state index contributed by atoms with van der Waals surface area (Å²) in [5.41, 5.74) is 0.368. The van der Waals surface area contributed by atoms with Crippen LogP contribution in [0.1, 0.15) is 39.3 Å². The van der Waals surface area contributed by atoms with Crippen LogP contribution in [0.5, 0.6) is 0 Å². The smallest absolute Gasteiger partial charge is 0.416 e. The van der Waals surface area contributed by atoms with Gasteiger partial charge in [-0.3, -0.25) is 9.59 Å². The van der Waals surface area contributed by atoms with Crippen LogP contribution in [-0.2, 0) is 6.18 Å². The van der Waals surface area contributed by atoms with Gasteiger partial charge in [-0.2, -0.15) is 13.2 Å². The molecule has 1 aromatic heterocycles. The molecule has 2 aromatic carbocycles. The zero-order valence-electron chi connectivity index (χ0n) is 15.6. The number of amides is 2. The van der Waals surface area contributed by atoms with Gasteiger partial charge < -0.3 is 15.1 Å². The Morgan fingerprint density at radius 2 is 1.67 bits per heavy atom.